The average molecular weight is 334 g/mol. The van der Waals surface area contributed by atoms with Crippen LogP contribution in [-0.2, 0) is 0 Å². The van der Waals surface area contributed by atoms with Crippen molar-refractivity contribution in [1.82, 2.24) is 4.98 Å². The first-order valence-electron chi connectivity index (χ1n) is 6.40. The van der Waals surface area contributed by atoms with Crippen LogP contribution in [0.15, 0.2) is 34.7 Å². The van der Waals surface area contributed by atoms with E-state index >= 15 is 0 Å². The van der Waals surface area contributed by atoms with E-state index in [4.69, 9.17) is 34.0 Å². The lowest BCUT2D eigenvalue weighted by atomic mass is 10.1. The predicted molar refractivity (Wildman–Crippen MR) is 91.3 cm³/mol. The Morgan fingerprint density at radius 2 is 2.14 bits per heavy atom. The summed E-state index contributed by atoms with van der Waals surface area (Å²) in [7, 11) is 0. The van der Waals surface area contributed by atoms with E-state index in [1.807, 2.05) is 0 Å². The van der Waals surface area contributed by atoms with Gasteiger partial charge in [-0.3, -0.25) is 0 Å². The van der Waals surface area contributed by atoms with Crippen LogP contribution < -0.4 is 11.1 Å². The van der Waals surface area contributed by atoms with E-state index in [0.29, 0.717) is 38.8 Å². The molecule has 0 saturated heterocycles. The Morgan fingerprint density at radius 3 is 2.86 bits per heavy atom. The van der Waals surface area contributed by atoms with Crippen molar-refractivity contribution in [2.75, 3.05) is 5.32 Å². The zero-order valence-electron chi connectivity index (χ0n) is 11.6. The van der Waals surface area contributed by atoms with Crippen LogP contribution in [0.25, 0.3) is 22.6 Å². The van der Waals surface area contributed by atoms with Crippen LogP contribution in [0.1, 0.15) is 5.56 Å². The lowest BCUT2D eigenvalue weighted by molar-refractivity contribution is 0.470. The number of anilines is 1. The Balaban J connectivity index is 2.16. The van der Waals surface area contributed by atoms with Crippen molar-refractivity contribution in [2.45, 2.75) is 6.92 Å². The molecule has 0 unspecified atom stereocenters. The molecule has 1 heterocycles. The summed E-state index contributed by atoms with van der Waals surface area (Å²) >= 11 is 10.8. The Hall–Kier alpha value is -2.31. The summed E-state index contributed by atoms with van der Waals surface area (Å²) in [5, 5.41) is 13.8. The van der Waals surface area contributed by atoms with E-state index in [9.17, 15) is 5.11 Å². The second kappa shape index (κ2) is 5.47. The first-order chi connectivity index (χ1) is 10.4. The lowest BCUT2D eigenvalue weighted by Gasteiger charge is -2.09. The molecule has 0 aliphatic rings. The number of nitrogens with zero attached hydrogens (tertiary/aromatic N) is 1. The molecule has 4 N–H and O–H groups in total. The van der Waals surface area contributed by atoms with Crippen molar-refractivity contribution in [3.8, 4) is 17.2 Å². The van der Waals surface area contributed by atoms with Crippen LogP contribution >= 0.6 is 23.8 Å². The molecule has 22 heavy (non-hydrogen) atoms. The van der Waals surface area contributed by atoms with Gasteiger partial charge < -0.3 is 20.6 Å². The number of rotatable bonds is 2. The maximum atomic E-state index is 10.3. The van der Waals surface area contributed by atoms with E-state index in [-0.39, 0.29) is 10.9 Å². The minimum Gasteiger partial charge on any atom is -0.507 e. The molecule has 0 amide bonds. The highest BCUT2D eigenvalue weighted by Crippen LogP contribution is 2.36. The molecule has 0 atom stereocenters. The standard InChI is InChI=1S/C15H12ClN3O2S/c1-7-4-9(18-15(17)22)6-10(13(7)20)14-19-11-5-8(16)2-3-12(11)21-14/h2-6,20H,1H3,(H3,17,18,22). The predicted octanol–water partition coefficient (Wildman–Crippen LogP) is 3.82. The van der Waals surface area contributed by atoms with Crippen molar-refractivity contribution >= 4 is 45.7 Å². The number of benzene rings is 2. The van der Waals surface area contributed by atoms with Gasteiger partial charge >= 0.3 is 0 Å². The van der Waals surface area contributed by atoms with Gasteiger partial charge in [0.2, 0.25) is 5.89 Å². The van der Waals surface area contributed by atoms with Gasteiger partial charge in [-0.25, -0.2) is 4.98 Å². The third-order valence-electron chi connectivity index (χ3n) is 3.15. The van der Waals surface area contributed by atoms with Crippen molar-refractivity contribution in [3.05, 3.63) is 40.9 Å². The summed E-state index contributed by atoms with van der Waals surface area (Å²) in [5.41, 5.74) is 8.44. The van der Waals surface area contributed by atoms with Gasteiger partial charge in [0.25, 0.3) is 0 Å². The van der Waals surface area contributed by atoms with Crippen LogP contribution in [0.3, 0.4) is 0 Å². The number of phenolic OH excluding ortho intramolecular Hbond substituents is 1. The summed E-state index contributed by atoms with van der Waals surface area (Å²) < 4.78 is 5.68. The zero-order valence-corrected chi connectivity index (χ0v) is 13.1. The Morgan fingerprint density at radius 1 is 1.36 bits per heavy atom. The molecule has 0 aliphatic carbocycles. The number of halogens is 1. The molecular formula is C15H12ClN3O2S. The topological polar surface area (TPSA) is 84.3 Å². The smallest absolute Gasteiger partial charge is 0.231 e. The largest absolute Gasteiger partial charge is 0.507 e. The monoisotopic (exact) mass is 333 g/mol. The summed E-state index contributed by atoms with van der Waals surface area (Å²) in [6.45, 7) is 1.77. The van der Waals surface area contributed by atoms with Crippen LogP contribution in [0.4, 0.5) is 5.69 Å². The van der Waals surface area contributed by atoms with Gasteiger partial charge in [-0.05, 0) is 55.0 Å². The maximum Gasteiger partial charge on any atom is 0.231 e. The Labute approximate surface area is 136 Å². The number of hydrogen-bond acceptors (Lipinski definition) is 4. The second-order valence-electron chi connectivity index (χ2n) is 4.81. The minimum absolute atomic E-state index is 0.0890. The van der Waals surface area contributed by atoms with E-state index in [1.54, 1.807) is 37.3 Å². The quantitative estimate of drug-likeness (QED) is 0.488. The van der Waals surface area contributed by atoms with Crippen molar-refractivity contribution < 1.29 is 9.52 Å². The van der Waals surface area contributed by atoms with Crippen molar-refractivity contribution in [3.63, 3.8) is 0 Å². The van der Waals surface area contributed by atoms with Gasteiger partial charge in [-0.1, -0.05) is 11.6 Å². The van der Waals surface area contributed by atoms with E-state index in [1.165, 1.54) is 0 Å². The molecule has 0 fully saturated rings. The summed E-state index contributed by atoms with van der Waals surface area (Å²) in [4.78, 5) is 4.36. The molecule has 112 valence electrons. The SMILES string of the molecule is Cc1cc(NC(N)=S)cc(-c2nc3cc(Cl)ccc3o2)c1O. The average Bonchev–Trinajstić information content (AvgIpc) is 2.84. The highest BCUT2D eigenvalue weighted by molar-refractivity contribution is 7.80. The van der Waals surface area contributed by atoms with Gasteiger partial charge in [0.15, 0.2) is 10.7 Å². The van der Waals surface area contributed by atoms with Gasteiger partial charge in [0, 0.05) is 10.7 Å². The molecule has 2 aromatic carbocycles. The molecule has 0 saturated carbocycles. The highest BCUT2D eigenvalue weighted by Gasteiger charge is 2.15. The number of thiocarbonyl (C=S) groups is 1. The number of fused-ring (bicyclic) bond motifs is 1. The molecule has 5 nitrogen and oxygen atoms in total. The number of aryl methyl sites for hydroxylation is 1. The molecule has 0 aliphatic heterocycles. The zero-order chi connectivity index (χ0) is 15.9. The number of aromatic nitrogens is 1. The van der Waals surface area contributed by atoms with E-state index in [2.05, 4.69) is 10.3 Å². The fourth-order valence-corrected chi connectivity index (χ4v) is 2.46. The summed E-state index contributed by atoms with van der Waals surface area (Å²) in [5.74, 6) is 0.385. The molecule has 0 bridgehead atoms. The van der Waals surface area contributed by atoms with Gasteiger partial charge in [-0.15, -0.1) is 0 Å². The Kier molecular flexibility index (Phi) is 3.64. The number of aromatic hydroxyl groups is 1. The molecule has 0 spiro atoms. The molecular weight excluding hydrogens is 322 g/mol. The number of oxazole rings is 1. The van der Waals surface area contributed by atoms with Crippen molar-refractivity contribution in [1.29, 1.82) is 0 Å². The fraction of sp³-hybridized carbons (Fsp3) is 0.0667. The number of hydrogen-bond donors (Lipinski definition) is 3. The molecule has 3 aromatic rings. The minimum atomic E-state index is 0.0890. The van der Waals surface area contributed by atoms with Crippen LogP contribution in [0, 0.1) is 6.92 Å². The third-order valence-corrected chi connectivity index (χ3v) is 3.49. The maximum absolute atomic E-state index is 10.3. The number of nitrogens with one attached hydrogen (secondary N) is 1. The first-order valence-corrected chi connectivity index (χ1v) is 7.19. The molecule has 0 radical (unpaired) electrons. The molecule has 1 aromatic heterocycles. The van der Waals surface area contributed by atoms with Crippen LogP contribution in [-0.4, -0.2) is 15.2 Å². The van der Waals surface area contributed by atoms with Crippen molar-refractivity contribution in [2.24, 2.45) is 5.73 Å². The van der Waals surface area contributed by atoms with Crippen LogP contribution in [0.5, 0.6) is 5.75 Å². The normalized spacial score (nSPS) is 10.8. The number of nitrogens with two attached hydrogens (primary N) is 1. The van der Waals surface area contributed by atoms with Gasteiger partial charge in [0.05, 0.1) is 5.56 Å². The summed E-state index contributed by atoms with van der Waals surface area (Å²) in [6.07, 6.45) is 0. The lowest BCUT2D eigenvalue weighted by Crippen LogP contribution is -2.18. The third kappa shape index (κ3) is 2.70. The van der Waals surface area contributed by atoms with Crippen LogP contribution in [0.2, 0.25) is 5.02 Å². The fourth-order valence-electron chi connectivity index (χ4n) is 2.17. The highest BCUT2D eigenvalue weighted by atomic mass is 35.5. The second-order valence-corrected chi connectivity index (χ2v) is 5.69. The van der Waals surface area contributed by atoms with E-state index in [0.717, 1.165) is 0 Å². The number of phenols is 1. The molecule has 3 rings (SSSR count). The van der Waals surface area contributed by atoms with E-state index < -0.39 is 0 Å². The molecule has 7 heteroatoms. The summed E-state index contributed by atoms with van der Waals surface area (Å²) in [6, 6.07) is 8.56. The van der Waals surface area contributed by atoms with Gasteiger partial charge in [-0.2, -0.15) is 0 Å². The first kappa shape index (κ1) is 14.6. The Bertz CT molecular complexity index is 892. The van der Waals surface area contributed by atoms with Gasteiger partial charge in [0.1, 0.15) is 11.3 Å².